The van der Waals surface area contributed by atoms with Crippen LogP contribution < -0.4 is 34.3 Å². The average molecular weight is 418 g/mol. The Hall–Kier alpha value is -3.62. The summed E-state index contributed by atoms with van der Waals surface area (Å²) >= 11 is 0. The Morgan fingerprint density at radius 1 is 0.767 bits per heavy atom. The first-order chi connectivity index (χ1) is 14.4. The third-order valence-corrected chi connectivity index (χ3v) is 4.34. The lowest BCUT2D eigenvalue weighted by Crippen LogP contribution is -2.33. The number of anilines is 1. The van der Waals surface area contributed by atoms with Gasteiger partial charge in [-0.15, -0.1) is 0 Å². The maximum atomic E-state index is 12.5. The maximum Gasteiger partial charge on any atom is 0.251 e. The van der Waals surface area contributed by atoms with Gasteiger partial charge in [0.2, 0.25) is 11.7 Å². The molecule has 0 saturated carbocycles. The number of aryl methyl sites for hydroxylation is 1. The first kappa shape index (κ1) is 22.7. The Morgan fingerprint density at radius 3 is 1.80 bits per heavy atom. The molecule has 0 aromatic heterocycles. The normalized spacial score (nSPS) is 10.1. The van der Waals surface area contributed by atoms with Crippen LogP contribution in [0.4, 0.5) is 5.69 Å². The summed E-state index contributed by atoms with van der Waals surface area (Å²) in [5.74, 6) is 1.24. The molecular formula is C21H26N2O7. The van der Waals surface area contributed by atoms with Gasteiger partial charge in [0, 0.05) is 17.3 Å². The molecule has 2 rings (SSSR count). The molecule has 0 heterocycles. The maximum absolute atomic E-state index is 12.5. The van der Waals surface area contributed by atoms with E-state index in [1.165, 1.54) is 47.7 Å². The highest BCUT2D eigenvalue weighted by molar-refractivity contribution is 6.00. The van der Waals surface area contributed by atoms with Gasteiger partial charge in [0.1, 0.15) is 0 Å². The van der Waals surface area contributed by atoms with Crippen molar-refractivity contribution in [1.29, 1.82) is 0 Å². The van der Waals surface area contributed by atoms with Crippen LogP contribution in [0.3, 0.4) is 0 Å². The van der Waals surface area contributed by atoms with Crippen molar-refractivity contribution in [2.75, 3.05) is 47.4 Å². The highest BCUT2D eigenvalue weighted by Gasteiger charge is 2.18. The van der Waals surface area contributed by atoms with E-state index in [9.17, 15) is 9.59 Å². The van der Waals surface area contributed by atoms with Gasteiger partial charge in [-0.2, -0.15) is 0 Å². The zero-order valence-electron chi connectivity index (χ0n) is 17.9. The number of carbonyl (C=O) groups excluding carboxylic acids is 2. The van der Waals surface area contributed by atoms with Crippen LogP contribution in [0.2, 0.25) is 0 Å². The number of hydrogen-bond acceptors (Lipinski definition) is 7. The van der Waals surface area contributed by atoms with E-state index in [0.29, 0.717) is 34.4 Å². The Bertz CT molecular complexity index is 903. The van der Waals surface area contributed by atoms with Gasteiger partial charge in [-0.05, 0) is 30.7 Å². The van der Waals surface area contributed by atoms with Gasteiger partial charge in [-0.1, -0.05) is 0 Å². The van der Waals surface area contributed by atoms with E-state index in [1.54, 1.807) is 12.1 Å². The van der Waals surface area contributed by atoms with Crippen LogP contribution in [0.25, 0.3) is 0 Å². The average Bonchev–Trinajstić information content (AvgIpc) is 2.77. The molecule has 2 N–H and O–H groups in total. The van der Waals surface area contributed by atoms with Crippen LogP contribution in [0.5, 0.6) is 28.7 Å². The summed E-state index contributed by atoms with van der Waals surface area (Å²) in [7, 11) is 7.43. The molecule has 2 amide bonds. The highest BCUT2D eigenvalue weighted by atomic mass is 16.5. The van der Waals surface area contributed by atoms with Crippen molar-refractivity contribution in [3.05, 3.63) is 35.4 Å². The lowest BCUT2D eigenvalue weighted by atomic mass is 10.1. The van der Waals surface area contributed by atoms with Crippen LogP contribution in [0.15, 0.2) is 24.3 Å². The van der Waals surface area contributed by atoms with Crippen LogP contribution >= 0.6 is 0 Å². The van der Waals surface area contributed by atoms with Gasteiger partial charge in [-0.25, -0.2) is 0 Å². The second kappa shape index (κ2) is 10.2. The van der Waals surface area contributed by atoms with Crippen molar-refractivity contribution in [3.8, 4) is 28.7 Å². The summed E-state index contributed by atoms with van der Waals surface area (Å²) in [6.07, 6.45) is 0. The topological polar surface area (TPSA) is 104 Å². The molecule has 30 heavy (non-hydrogen) atoms. The number of nitrogens with one attached hydrogen (secondary N) is 2. The Balaban J connectivity index is 2.09. The molecule has 0 atom stereocenters. The minimum Gasteiger partial charge on any atom is -0.493 e. The van der Waals surface area contributed by atoms with E-state index < -0.39 is 11.8 Å². The van der Waals surface area contributed by atoms with Gasteiger partial charge in [0.15, 0.2) is 23.0 Å². The lowest BCUT2D eigenvalue weighted by Gasteiger charge is -2.15. The van der Waals surface area contributed by atoms with Crippen molar-refractivity contribution in [1.82, 2.24) is 5.32 Å². The predicted octanol–water partition coefficient (Wildman–Crippen LogP) is 2.41. The third-order valence-electron chi connectivity index (χ3n) is 4.34. The molecule has 9 nitrogen and oxygen atoms in total. The molecule has 0 aliphatic carbocycles. The standard InChI is InChI=1S/C21H26N2O7/c1-12-7-15(26-2)16(27-3)10-14(12)23-19(24)11-22-21(25)13-8-17(28-4)20(30-6)18(9-13)29-5/h7-10H,11H2,1-6H3,(H,22,25)(H,23,24). The van der Waals surface area contributed by atoms with Crippen molar-refractivity contribution >= 4 is 17.5 Å². The molecule has 0 spiro atoms. The summed E-state index contributed by atoms with van der Waals surface area (Å²) in [5, 5.41) is 5.32. The molecule has 0 aliphatic rings. The number of hydrogen-bond donors (Lipinski definition) is 2. The van der Waals surface area contributed by atoms with Crippen LogP contribution in [-0.2, 0) is 4.79 Å². The zero-order valence-corrected chi connectivity index (χ0v) is 17.9. The molecule has 0 fully saturated rings. The first-order valence-corrected chi connectivity index (χ1v) is 8.99. The number of benzene rings is 2. The Labute approximate surface area is 175 Å². The van der Waals surface area contributed by atoms with E-state index >= 15 is 0 Å². The summed E-state index contributed by atoms with van der Waals surface area (Å²) < 4.78 is 26.2. The smallest absolute Gasteiger partial charge is 0.251 e. The largest absolute Gasteiger partial charge is 0.493 e. The van der Waals surface area contributed by atoms with E-state index in [2.05, 4.69) is 10.6 Å². The van der Waals surface area contributed by atoms with Crippen molar-refractivity contribution in [2.24, 2.45) is 0 Å². The van der Waals surface area contributed by atoms with Gasteiger partial charge < -0.3 is 34.3 Å². The molecule has 9 heteroatoms. The van der Waals surface area contributed by atoms with Crippen LogP contribution in [-0.4, -0.2) is 53.9 Å². The molecule has 0 radical (unpaired) electrons. The van der Waals surface area contributed by atoms with Crippen LogP contribution in [0.1, 0.15) is 15.9 Å². The molecule has 162 valence electrons. The zero-order chi connectivity index (χ0) is 22.3. The number of ether oxygens (including phenoxy) is 5. The number of carbonyl (C=O) groups is 2. The lowest BCUT2D eigenvalue weighted by molar-refractivity contribution is -0.115. The molecule has 0 unspecified atom stereocenters. The predicted molar refractivity (Wildman–Crippen MR) is 111 cm³/mol. The highest BCUT2D eigenvalue weighted by Crippen LogP contribution is 2.38. The van der Waals surface area contributed by atoms with E-state index in [1.807, 2.05) is 6.92 Å². The molecule has 2 aromatic rings. The van der Waals surface area contributed by atoms with E-state index in [-0.39, 0.29) is 12.1 Å². The summed E-state index contributed by atoms with van der Waals surface area (Å²) in [6.45, 7) is 1.59. The molecular weight excluding hydrogens is 392 g/mol. The first-order valence-electron chi connectivity index (χ1n) is 8.99. The molecule has 0 aliphatic heterocycles. The van der Waals surface area contributed by atoms with E-state index in [4.69, 9.17) is 23.7 Å². The van der Waals surface area contributed by atoms with E-state index in [0.717, 1.165) is 5.56 Å². The number of methoxy groups -OCH3 is 5. The fraction of sp³-hybridized carbons (Fsp3) is 0.333. The van der Waals surface area contributed by atoms with Gasteiger partial charge in [0.05, 0.1) is 42.1 Å². The van der Waals surface area contributed by atoms with Gasteiger partial charge >= 0.3 is 0 Å². The number of amides is 2. The third kappa shape index (κ3) is 5.05. The summed E-state index contributed by atoms with van der Waals surface area (Å²) in [6, 6.07) is 6.43. The van der Waals surface area contributed by atoms with Gasteiger partial charge in [0.25, 0.3) is 5.91 Å². The number of rotatable bonds is 9. The van der Waals surface area contributed by atoms with Crippen molar-refractivity contribution < 1.29 is 33.3 Å². The quantitative estimate of drug-likeness (QED) is 0.644. The van der Waals surface area contributed by atoms with Crippen molar-refractivity contribution in [2.45, 2.75) is 6.92 Å². The van der Waals surface area contributed by atoms with Crippen molar-refractivity contribution in [3.63, 3.8) is 0 Å². The van der Waals surface area contributed by atoms with Crippen LogP contribution in [0, 0.1) is 6.92 Å². The SMILES string of the molecule is COc1cc(C)c(NC(=O)CNC(=O)c2cc(OC)c(OC)c(OC)c2)cc1OC. The minimum atomic E-state index is -0.464. The second-order valence-corrected chi connectivity index (χ2v) is 6.17. The summed E-state index contributed by atoms with van der Waals surface area (Å²) in [5.41, 5.74) is 1.61. The monoisotopic (exact) mass is 418 g/mol. The molecule has 2 aromatic carbocycles. The summed E-state index contributed by atoms with van der Waals surface area (Å²) in [4.78, 5) is 24.8. The minimum absolute atomic E-state index is 0.233. The fourth-order valence-electron chi connectivity index (χ4n) is 2.78. The Kier molecular flexibility index (Phi) is 7.74. The van der Waals surface area contributed by atoms with Gasteiger partial charge in [-0.3, -0.25) is 9.59 Å². The fourth-order valence-corrected chi connectivity index (χ4v) is 2.78. The molecule has 0 bridgehead atoms. The second-order valence-electron chi connectivity index (χ2n) is 6.17. The Morgan fingerprint density at radius 2 is 1.30 bits per heavy atom. The molecule has 0 saturated heterocycles.